The van der Waals surface area contributed by atoms with Crippen molar-refractivity contribution in [2.24, 2.45) is 4.99 Å². The van der Waals surface area contributed by atoms with E-state index in [1.165, 1.54) is 18.9 Å². The number of rotatable bonds is 5. The van der Waals surface area contributed by atoms with Crippen molar-refractivity contribution in [3.05, 3.63) is 42.4 Å². The minimum absolute atomic E-state index is 0.147. The van der Waals surface area contributed by atoms with Crippen LogP contribution in [0.5, 0.6) is 0 Å². The fourth-order valence-electron chi connectivity index (χ4n) is 2.01. The van der Waals surface area contributed by atoms with E-state index in [0.717, 1.165) is 0 Å². The number of ether oxygens (including phenoxy) is 1. The second-order valence-corrected chi connectivity index (χ2v) is 4.24. The maximum Gasteiger partial charge on any atom is 0.241 e. The standard InChI is InChI=1S/C16H12N2O4/c1-2-19-10-18-16-11(9-17)14(12-5-3-7-20-12)15(22-16)13-6-4-8-21-13/h3-8,10H,2H2,1H3. The Morgan fingerprint density at radius 2 is 1.95 bits per heavy atom. The van der Waals surface area contributed by atoms with Crippen LogP contribution in [0.25, 0.3) is 22.8 Å². The van der Waals surface area contributed by atoms with Crippen LogP contribution in [0.4, 0.5) is 5.88 Å². The van der Waals surface area contributed by atoms with Gasteiger partial charge in [-0.2, -0.15) is 10.3 Å². The van der Waals surface area contributed by atoms with Gasteiger partial charge in [0, 0.05) is 0 Å². The second-order valence-electron chi connectivity index (χ2n) is 4.24. The van der Waals surface area contributed by atoms with Crippen LogP contribution in [0, 0.1) is 11.3 Å². The first-order chi connectivity index (χ1) is 10.8. The summed E-state index contributed by atoms with van der Waals surface area (Å²) in [6, 6.07) is 9.05. The zero-order valence-corrected chi connectivity index (χ0v) is 11.8. The quantitative estimate of drug-likeness (QED) is 0.515. The van der Waals surface area contributed by atoms with Crippen molar-refractivity contribution in [1.82, 2.24) is 0 Å². The SMILES string of the molecule is CCOC=Nc1oc(-c2ccco2)c(-c2ccco2)c1C#N. The van der Waals surface area contributed by atoms with Crippen molar-refractivity contribution in [3.8, 4) is 28.9 Å². The predicted molar refractivity (Wildman–Crippen MR) is 78.6 cm³/mol. The van der Waals surface area contributed by atoms with Gasteiger partial charge in [-0.25, -0.2) is 0 Å². The lowest BCUT2D eigenvalue weighted by atomic mass is 10.1. The Kier molecular flexibility index (Phi) is 3.79. The summed E-state index contributed by atoms with van der Waals surface area (Å²) in [5.41, 5.74) is 0.767. The molecule has 0 atom stereocenters. The van der Waals surface area contributed by atoms with Gasteiger partial charge in [-0.05, 0) is 31.2 Å². The van der Waals surface area contributed by atoms with Gasteiger partial charge >= 0.3 is 0 Å². The highest BCUT2D eigenvalue weighted by atomic mass is 16.5. The van der Waals surface area contributed by atoms with Gasteiger partial charge in [-0.3, -0.25) is 0 Å². The summed E-state index contributed by atoms with van der Waals surface area (Å²) < 4.78 is 21.5. The maximum absolute atomic E-state index is 9.47. The summed E-state index contributed by atoms with van der Waals surface area (Å²) in [4.78, 5) is 4.05. The molecule has 0 aliphatic carbocycles. The number of furan rings is 3. The van der Waals surface area contributed by atoms with Crippen molar-refractivity contribution in [1.29, 1.82) is 5.26 Å². The van der Waals surface area contributed by atoms with Gasteiger partial charge in [0.25, 0.3) is 0 Å². The summed E-state index contributed by atoms with van der Waals surface area (Å²) in [7, 11) is 0. The number of hydrogen-bond donors (Lipinski definition) is 0. The highest BCUT2D eigenvalue weighted by Gasteiger charge is 2.25. The molecule has 0 aliphatic rings. The first-order valence-electron chi connectivity index (χ1n) is 6.64. The average Bonchev–Trinajstić information content (AvgIpc) is 3.26. The first kappa shape index (κ1) is 13.8. The first-order valence-corrected chi connectivity index (χ1v) is 6.64. The van der Waals surface area contributed by atoms with Crippen LogP contribution in [0.3, 0.4) is 0 Å². The van der Waals surface area contributed by atoms with E-state index in [4.69, 9.17) is 18.0 Å². The highest BCUT2D eigenvalue weighted by molar-refractivity contribution is 5.84. The van der Waals surface area contributed by atoms with Crippen LogP contribution in [-0.4, -0.2) is 13.0 Å². The minimum atomic E-state index is 0.147. The Balaban J connectivity index is 2.19. The molecule has 0 amide bonds. The van der Waals surface area contributed by atoms with E-state index in [1.54, 1.807) is 24.3 Å². The summed E-state index contributed by atoms with van der Waals surface area (Å²) in [6.07, 6.45) is 4.30. The summed E-state index contributed by atoms with van der Waals surface area (Å²) in [5, 5.41) is 9.47. The Hall–Kier alpha value is -3.20. The van der Waals surface area contributed by atoms with E-state index < -0.39 is 0 Å². The molecular formula is C16H12N2O4. The summed E-state index contributed by atoms with van der Waals surface area (Å²) in [5.74, 6) is 1.53. The molecule has 0 fully saturated rings. The van der Waals surface area contributed by atoms with E-state index in [2.05, 4.69) is 11.1 Å². The van der Waals surface area contributed by atoms with Crippen LogP contribution in [0.1, 0.15) is 12.5 Å². The molecule has 3 heterocycles. The monoisotopic (exact) mass is 296 g/mol. The number of hydrogen-bond acceptors (Lipinski definition) is 6. The smallest absolute Gasteiger partial charge is 0.241 e. The van der Waals surface area contributed by atoms with E-state index in [0.29, 0.717) is 29.5 Å². The van der Waals surface area contributed by atoms with E-state index >= 15 is 0 Å². The van der Waals surface area contributed by atoms with E-state index in [1.807, 2.05) is 6.92 Å². The van der Waals surface area contributed by atoms with Crippen molar-refractivity contribution in [3.63, 3.8) is 0 Å². The lowest BCUT2D eigenvalue weighted by Crippen LogP contribution is -1.84. The molecule has 0 unspecified atom stereocenters. The lowest BCUT2D eigenvalue weighted by molar-refractivity contribution is 0.343. The highest BCUT2D eigenvalue weighted by Crippen LogP contribution is 2.42. The molecule has 0 saturated carbocycles. The fourth-order valence-corrected chi connectivity index (χ4v) is 2.01. The van der Waals surface area contributed by atoms with E-state index in [9.17, 15) is 5.26 Å². The Morgan fingerprint density at radius 1 is 1.23 bits per heavy atom. The van der Waals surface area contributed by atoms with Crippen molar-refractivity contribution in [2.45, 2.75) is 6.92 Å². The molecule has 6 nitrogen and oxygen atoms in total. The Labute approximate surface area is 126 Å². The van der Waals surface area contributed by atoms with Crippen LogP contribution in [-0.2, 0) is 4.74 Å². The Morgan fingerprint density at radius 3 is 2.55 bits per heavy atom. The van der Waals surface area contributed by atoms with Gasteiger partial charge in [-0.1, -0.05) is 0 Å². The zero-order chi connectivity index (χ0) is 15.4. The van der Waals surface area contributed by atoms with Gasteiger partial charge in [0.1, 0.15) is 17.4 Å². The van der Waals surface area contributed by atoms with Crippen molar-refractivity contribution < 1.29 is 18.0 Å². The summed E-state index contributed by atoms with van der Waals surface area (Å²) in [6.45, 7) is 2.31. The summed E-state index contributed by atoms with van der Waals surface area (Å²) >= 11 is 0. The molecule has 6 heteroatoms. The molecule has 0 aliphatic heterocycles. The number of nitrogens with zero attached hydrogens (tertiary/aromatic N) is 2. The second kappa shape index (κ2) is 6.06. The number of nitriles is 1. The minimum Gasteiger partial charge on any atom is -0.483 e. The third-order valence-electron chi connectivity index (χ3n) is 2.93. The molecule has 3 aromatic heterocycles. The number of aliphatic imine (C=N–C) groups is 1. The molecule has 0 N–H and O–H groups in total. The lowest BCUT2D eigenvalue weighted by Gasteiger charge is -1.96. The molecule has 0 aromatic carbocycles. The molecule has 0 spiro atoms. The third kappa shape index (κ3) is 2.40. The maximum atomic E-state index is 9.47. The third-order valence-corrected chi connectivity index (χ3v) is 2.93. The van der Waals surface area contributed by atoms with Gasteiger partial charge in [0.15, 0.2) is 17.9 Å². The molecular weight excluding hydrogens is 284 g/mol. The fraction of sp³-hybridized carbons (Fsp3) is 0.125. The molecule has 0 saturated heterocycles. The zero-order valence-electron chi connectivity index (χ0n) is 11.8. The van der Waals surface area contributed by atoms with Crippen LogP contribution >= 0.6 is 0 Å². The van der Waals surface area contributed by atoms with Crippen molar-refractivity contribution in [2.75, 3.05) is 6.61 Å². The van der Waals surface area contributed by atoms with Gasteiger partial charge in [-0.15, -0.1) is 0 Å². The van der Waals surface area contributed by atoms with Gasteiger partial charge < -0.3 is 18.0 Å². The van der Waals surface area contributed by atoms with E-state index in [-0.39, 0.29) is 11.4 Å². The van der Waals surface area contributed by atoms with Crippen molar-refractivity contribution >= 4 is 12.3 Å². The largest absolute Gasteiger partial charge is 0.483 e. The molecule has 0 bridgehead atoms. The molecule has 0 radical (unpaired) electrons. The predicted octanol–water partition coefficient (Wildman–Crippen LogP) is 4.37. The Bertz CT molecular complexity index is 805. The molecule has 110 valence electrons. The van der Waals surface area contributed by atoms with Gasteiger partial charge in [0.05, 0.1) is 24.7 Å². The van der Waals surface area contributed by atoms with Gasteiger partial charge in [0.2, 0.25) is 5.88 Å². The topological polar surface area (TPSA) is 84.8 Å². The van der Waals surface area contributed by atoms with Crippen LogP contribution in [0.15, 0.2) is 55.0 Å². The molecule has 22 heavy (non-hydrogen) atoms. The normalized spacial score (nSPS) is 10.9. The van der Waals surface area contributed by atoms with Crippen LogP contribution < -0.4 is 0 Å². The molecule has 3 aromatic rings. The average molecular weight is 296 g/mol. The molecule has 3 rings (SSSR count). The van der Waals surface area contributed by atoms with Crippen LogP contribution in [0.2, 0.25) is 0 Å².